The maximum absolute atomic E-state index is 11.7. The Kier molecular flexibility index (Phi) is 5.31. The number of anilines is 1. The summed E-state index contributed by atoms with van der Waals surface area (Å²) in [4.78, 5) is 14.7. The molecule has 2 N–H and O–H groups in total. The zero-order chi connectivity index (χ0) is 16.1. The van der Waals surface area contributed by atoms with Crippen LogP contribution in [-0.2, 0) is 17.6 Å². The number of nitrogens with zero attached hydrogens (tertiary/aromatic N) is 1. The maximum Gasteiger partial charge on any atom is 0.259 e. The SMILES string of the molecule is NC(=O)c1sc(N2CCOCC2)cc1CCCc1ccccc1. The molecule has 1 saturated heterocycles. The molecule has 0 atom stereocenters. The summed E-state index contributed by atoms with van der Waals surface area (Å²) in [5, 5.41) is 1.14. The largest absolute Gasteiger partial charge is 0.378 e. The van der Waals surface area contributed by atoms with E-state index in [0.717, 1.165) is 56.1 Å². The summed E-state index contributed by atoms with van der Waals surface area (Å²) in [6.07, 6.45) is 2.92. The van der Waals surface area contributed by atoms with Gasteiger partial charge in [-0.2, -0.15) is 0 Å². The highest BCUT2D eigenvalue weighted by atomic mass is 32.1. The van der Waals surface area contributed by atoms with Gasteiger partial charge in [0.25, 0.3) is 5.91 Å². The van der Waals surface area contributed by atoms with E-state index in [2.05, 4.69) is 35.2 Å². The summed E-state index contributed by atoms with van der Waals surface area (Å²) in [5.41, 5.74) is 7.98. The van der Waals surface area contributed by atoms with E-state index in [1.165, 1.54) is 16.9 Å². The van der Waals surface area contributed by atoms with Crippen LogP contribution in [0.3, 0.4) is 0 Å². The van der Waals surface area contributed by atoms with Crippen LogP contribution < -0.4 is 10.6 Å². The van der Waals surface area contributed by atoms with Crippen LogP contribution in [0.4, 0.5) is 5.00 Å². The highest BCUT2D eigenvalue weighted by molar-refractivity contribution is 7.18. The minimum Gasteiger partial charge on any atom is -0.378 e. The predicted molar refractivity (Wildman–Crippen MR) is 94.3 cm³/mol. The molecular formula is C18H22N2O2S. The van der Waals surface area contributed by atoms with Gasteiger partial charge < -0.3 is 15.4 Å². The van der Waals surface area contributed by atoms with Crippen molar-refractivity contribution in [1.29, 1.82) is 0 Å². The van der Waals surface area contributed by atoms with Crippen LogP contribution in [-0.4, -0.2) is 32.2 Å². The molecule has 3 rings (SSSR count). The van der Waals surface area contributed by atoms with Gasteiger partial charge in [0.1, 0.15) is 0 Å². The number of amides is 1. The van der Waals surface area contributed by atoms with Gasteiger partial charge in [0.05, 0.1) is 23.1 Å². The molecule has 0 bridgehead atoms. The van der Waals surface area contributed by atoms with Crippen LogP contribution in [0.15, 0.2) is 36.4 Å². The van der Waals surface area contributed by atoms with Gasteiger partial charge in [-0.15, -0.1) is 11.3 Å². The minimum atomic E-state index is -0.316. The average Bonchev–Trinajstić information content (AvgIpc) is 3.01. The summed E-state index contributed by atoms with van der Waals surface area (Å²) in [6, 6.07) is 12.6. The van der Waals surface area contributed by atoms with Gasteiger partial charge in [0.15, 0.2) is 0 Å². The van der Waals surface area contributed by atoms with Gasteiger partial charge >= 0.3 is 0 Å². The molecule has 2 aromatic rings. The highest BCUT2D eigenvalue weighted by Gasteiger charge is 2.19. The van der Waals surface area contributed by atoms with Gasteiger partial charge in [-0.25, -0.2) is 0 Å². The van der Waals surface area contributed by atoms with Crippen molar-refractivity contribution < 1.29 is 9.53 Å². The number of hydrogen-bond acceptors (Lipinski definition) is 4. The number of rotatable bonds is 6. The van der Waals surface area contributed by atoms with E-state index in [0.29, 0.717) is 4.88 Å². The first-order chi connectivity index (χ1) is 11.2. The van der Waals surface area contributed by atoms with E-state index in [4.69, 9.17) is 10.5 Å². The van der Waals surface area contributed by atoms with Gasteiger partial charge in [0.2, 0.25) is 0 Å². The molecule has 0 aliphatic carbocycles. The van der Waals surface area contributed by atoms with Gasteiger partial charge in [-0.05, 0) is 36.5 Å². The normalized spacial score (nSPS) is 14.9. The van der Waals surface area contributed by atoms with Crippen LogP contribution in [0.2, 0.25) is 0 Å². The molecular weight excluding hydrogens is 308 g/mol. The van der Waals surface area contributed by atoms with Gasteiger partial charge in [-0.1, -0.05) is 30.3 Å². The number of aryl methyl sites for hydroxylation is 2. The molecule has 1 aliphatic rings. The Bertz CT molecular complexity index is 648. The van der Waals surface area contributed by atoms with Crippen LogP contribution in [0.1, 0.15) is 27.2 Å². The number of ether oxygens (including phenoxy) is 1. The Morgan fingerprint density at radius 3 is 2.61 bits per heavy atom. The van der Waals surface area contributed by atoms with Crippen molar-refractivity contribution in [2.75, 3.05) is 31.2 Å². The average molecular weight is 330 g/mol. The fraction of sp³-hybridized carbons (Fsp3) is 0.389. The van der Waals surface area contributed by atoms with Gasteiger partial charge in [-0.3, -0.25) is 4.79 Å². The first kappa shape index (κ1) is 16.0. The fourth-order valence-corrected chi connectivity index (χ4v) is 3.99. The number of benzene rings is 1. The molecule has 1 aromatic heterocycles. The summed E-state index contributed by atoms with van der Waals surface area (Å²) >= 11 is 1.52. The number of nitrogens with two attached hydrogens (primary N) is 1. The summed E-state index contributed by atoms with van der Waals surface area (Å²) in [6.45, 7) is 3.24. The van der Waals surface area contributed by atoms with Crippen molar-refractivity contribution in [3.63, 3.8) is 0 Å². The smallest absolute Gasteiger partial charge is 0.259 e. The topological polar surface area (TPSA) is 55.6 Å². The number of primary amides is 1. The van der Waals surface area contributed by atoms with Crippen molar-refractivity contribution in [2.24, 2.45) is 5.73 Å². The molecule has 0 unspecified atom stereocenters. The second-order valence-corrected chi connectivity index (χ2v) is 6.77. The van der Waals surface area contributed by atoms with Crippen molar-refractivity contribution in [1.82, 2.24) is 0 Å². The second kappa shape index (κ2) is 7.62. The fourth-order valence-electron chi connectivity index (χ4n) is 2.88. The number of carbonyl (C=O) groups is 1. The highest BCUT2D eigenvalue weighted by Crippen LogP contribution is 2.31. The van der Waals surface area contributed by atoms with Crippen LogP contribution in [0.5, 0.6) is 0 Å². The molecule has 1 aromatic carbocycles. The van der Waals surface area contributed by atoms with E-state index in [1.807, 2.05) is 6.07 Å². The van der Waals surface area contributed by atoms with E-state index in [1.54, 1.807) is 0 Å². The molecule has 2 heterocycles. The van der Waals surface area contributed by atoms with Gasteiger partial charge in [0, 0.05) is 13.1 Å². The Labute approximate surface area is 140 Å². The molecule has 1 amide bonds. The second-order valence-electron chi connectivity index (χ2n) is 5.74. The van der Waals surface area contributed by atoms with Crippen molar-refractivity contribution >= 4 is 22.2 Å². The summed E-state index contributed by atoms with van der Waals surface area (Å²) in [7, 11) is 0. The monoisotopic (exact) mass is 330 g/mol. The molecule has 1 fully saturated rings. The van der Waals surface area contributed by atoms with E-state index >= 15 is 0 Å². The summed E-state index contributed by atoms with van der Waals surface area (Å²) < 4.78 is 5.39. The van der Waals surface area contributed by atoms with Crippen LogP contribution in [0.25, 0.3) is 0 Å². The quantitative estimate of drug-likeness (QED) is 0.886. The number of hydrogen-bond donors (Lipinski definition) is 1. The zero-order valence-corrected chi connectivity index (χ0v) is 14.0. The standard InChI is InChI=1S/C18H22N2O2S/c19-18(21)17-15(8-4-7-14-5-2-1-3-6-14)13-16(23-17)20-9-11-22-12-10-20/h1-3,5-6,13H,4,7-12H2,(H2,19,21). The Morgan fingerprint density at radius 1 is 1.17 bits per heavy atom. The molecule has 4 nitrogen and oxygen atoms in total. The number of morpholine rings is 1. The lowest BCUT2D eigenvalue weighted by atomic mass is 10.0. The lowest BCUT2D eigenvalue weighted by Crippen LogP contribution is -2.35. The van der Waals surface area contributed by atoms with E-state index in [-0.39, 0.29) is 5.91 Å². The Morgan fingerprint density at radius 2 is 1.91 bits per heavy atom. The minimum absolute atomic E-state index is 0.316. The third-order valence-corrected chi connectivity index (χ3v) is 5.35. The number of thiophene rings is 1. The van der Waals surface area contributed by atoms with E-state index < -0.39 is 0 Å². The van der Waals surface area contributed by atoms with Crippen LogP contribution >= 0.6 is 11.3 Å². The third-order valence-electron chi connectivity index (χ3n) is 4.10. The lowest BCUT2D eigenvalue weighted by Gasteiger charge is -2.27. The Hall–Kier alpha value is -1.85. The van der Waals surface area contributed by atoms with Crippen molar-refractivity contribution in [3.8, 4) is 0 Å². The first-order valence-corrected chi connectivity index (χ1v) is 8.85. The predicted octanol–water partition coefficient (Wildman–Crippen LogP) is 2.86. The third kappa shape index (κ3) is 4.12. The molecule has 0 radical (unpaired) electrons. The van der Waals surface area contributed by atoms with Crippen molar-refractivity contribution in [3.05, 3.63) is 52.4 Å². The molecule has 0 spiro atoms. The van der Waals surface area contributed by atoms with Crippen molar-refractivity contribution in [2.45, 2.75) is 19.3 Å². The van der Waals surface area contributed by atoms with Crippen LogP contribution in [0, 0.1) is 0 Å². The molecule has 5 heteroatoms. The summed E-state index contributed by atoms with van der Waals surface area (Å²) in [5.74, 6) is -0.316. The number of carbonyl (C=O) groups excluding carboxylic acids is 1. The molecule has 1 aliphatic heterocycles. The maximum atomic E-state index is 11.7. The molecule has 23 heavy (non-hydrogen) atoms. The zero-order valence-electron chi connectivity index (χ0n) is 13.2. The first-order valence-electron chi connectivity index (χ1n) is 8.03. The Balaban J connectivity index is 1.67. The lowest BCUT2D eigenvalue weighted by molar-refractivity contribution is 0.100. The van der Waals surface area contributed by atoms with E-state index in [9.17, 15) is 4.79 Å². The molecule has 0 saturated carbocycles. The molecule has 122 valence electrons.